The zero-order valence-electron chi connectivity index (χ0n) is 16.0. The first kappa shape index (κ1) is 23.2. The van der Waals surface area contributed by atoms with Gasteiger partial charge in [-0.2, -0.15) is 13.2 Å². The van der Waals surface area contributed by atoms with E-state index in [4.69, 9.17) is 4.43 Å². The van der Waals surface area contributed by atoms with Crippen molar-refractivity contribution in [3.8, 4) is 0 Å². The van der Waals surface area contributed by atoms with Gasteiger partial charge in [-0.05, 0) is 43.1 Å². The number of rotatable bonds is 7. The van der Waals surface area contributed by atoms with Crippen LogP contribution in [0.4, 0.5) is 13.2 Å². The molecule has 1 unspecified atom stereocenters. The largest absolute Gasteiger partial charge is 0.467 e. The molecule has 0 aliphatic heterocycles. The molecule has 0 heterocycles. The molecule has 1 aromatic carbocycles. The third-order valence-electron chi connectivity index (χ3n) is 3.81. The molecule has 0 saturated carbocycles. The van der Waals surface area contributed by atoms with Crippen LogP contribution in [0.2, 0.25) is 19.6 Å². The molecule has 0 aliphatic rings. The highest BCUT2D eigenvalue weighted by molar-refractivity contribution is 9.10. The number of benzene rings is 1. The molecule has 3 nitrogen and oxygen atoms in total. The minimum atomic E-state index is -4.88. The molecule has 0 aliphatic carbocycles. The molecular weight excluding hydrogens is 429 g/mol. The predicted molar refractivity (Wildman–Crippen MR) is 101 cm³/mol. The van der Waals surface area contributed by atoms with Crippen molar-refractivity contribution in [3.63, 3.8) is 0 Å². The number of hydrogen-bond donors (Lipinski definition) is 0. The molecule has 0 amide bonds. The number of carbonyl (C=O) groups is 1. The Morgan fingerprint density at radius 3 is 2.12 bits per heavy atom. The van der Waals surface area contributed by atoms with Crippen molar-refractivity contribution in [2.24, 2.45) is 5.41 Å². The van der Waals surface area contributed by atoms with Crippen LogP contribution in [0.1, 0.15) is 25.8 Å². The van der Waals surface area contributed by atoms with Gasteiger partial charge in [-0.3, -0.25) is 0 Å². The zero-order chi connectivity index (χ0) is 20.4. The van der Waals surface area contributed by atoms with Crippen LogP contribution < -0.4 is 0 Å². The van der Waals surface area contributed by atoms with Gasteiger partial charge in [-0.25, -0.2) is 4.79 Å². The lowest BCUT2D eigenvalue weighted by molar-refractivity contribution is -0.262. The Balaban J connectivity index is 3.33. The maximum Gasteiger partial charge on any atom is 0.427 e. The molecule has 1 aromatic rings. The topological polar surface area (TPSA) is 35.5 Å². The summed E-state index contributed by atoms with van der Waals surface area (Å²) < 4.78 is 53.1. The molecule has 0 spiro atoms. The fourth-order valence-electron chi connectivity index (χ4n) is 3.01. The van der Waals surface area contributed by atoms with E-state index in [1.807, 2.05) is 24.3 Å². The molecule has 0 aromatic heterocycles. The van der Waals surface area contributed by atoms with Crippen LogP contribution in [0, 0.1) is 5.41 Å². The van der Waals surface area contributed by atoms with Gasteiger partial charge in [0.15, 0.2) is 8.32 Å². The summed E-state index contributed by atoms with van der Waals surface area (Å²) in [4.78, 5) is 12.3. The molecule has 8 heteroatoms. The van der Waals surface area contributed by atoms with Gasteiger partial charge in [0.1, 0.15) is 0 Å². The van der Waals surface area contributed by atoms with Crippen LogP contribution >= 0.6 is 15.9 Å². The first-order chi connectivity index (χ1) is 11.6. The number of esters is 1. The Morgan fingerprint density at radius 2 is 1.69 bits per heavy atom. The number of carbonyl (C=O) groups excluding carboxylic acids is 1. The van der Waals surface area contributed by atoms with Gasteiger partial charge in [0.2, 0.25) is 0 Å². The molecule has 0 N–H and O–H groups in total. The Morgan fingerprint density at radius 1 is 1.15 bits per heavy atom. The molecule has 148 valence electrons. The summed E-state index contributed by atoms with van der Waals surface area (Å²) in [5.41, 5.74) is -2.98. The summed E-state index contributed by atoms with van der Waals surface area (Å²) >= 11 is 3.42. The number of ether oxygens (including phenoxy) is 1. The normalized spacial score (nSPS) is 15.5. The lowest BCUT2D eigenvalue weighted by Crippen LogP contribution is -2.60. The smallest absolute Gasteiger partial charge is 0.427 e. The monoisotopic (exact) mass is 454 g/mol. The average molecular weight is 455 g/mol. The number of halogens is 4. The summed E-state index contributed by atoms with van der Waals surface area (Å²) in [5, 5.41) is 0. The maximum atomic E-state index is 14.1. The highest BCUT2D eigenvalue weighted by atomic mass is 79.9. The minimum absolute atomic E-state index is 0.346. The van der Waals surface area contributed by atoms with Gasteiger partial charge in [0.05, 0.1) is 7.11 Å². The molecule has 26 heavy (non-hydrogen) atoms. The fourth-order valence-corrected chi connectivity index (χ4v) is 4.75. The molecule has 0 fully saturated rings. The Labute approximate surface area is 162 Å². The van der Waals surface area contributed by atoms with Crippen molar-refractivity contribution >= 4 is 30.2 Å². The van der Waals surface area contributed by atoms with Crippen molar-refractivity contribution in [2.75, 3.05) is 7.11 Å². The highest BCUT2D eigenvalue weighted by Crippen LogP contribution is 2.46. The van der Waals surface area contributed by atoms with Crippen LogP contribution in [-0.2, 0) is 20.4 Å². The lowest BCUT2D eigenvalue weighted by atomic mass is 9.75. The van der Waals surface area contributed by atoms with Crippen molar-refractivity contribution in [1.82, 2.24) is 0 Å². The Hall–Kier alpha value is -0.863. The lowest BCUT2D eigenvalue weighted by Gasteiger charge is -2.42. The van der Waals surface area contributed by atoms with E-state index >= 15 is 0 Å². The second-order valence-electron chi connectivity index (χ2n) is 8.14. The molecule has 1 atom stereocenters. The average Bonchev–Trinajstić information content (AvgIpc) is 2.45. The second kappa shape index (κ2) is 8.02. The van der Waals surface area contributed by atoms with Gasteiger partial charge in [0, 0.05) is 10.9 Å². The van der Waals surface area contributed by atoms with Crippen LogP contribution in [0.5, 0.6) is 0 Å². The van der Waals surface area contributed by atoms with Crippen molar-refractivity contribution in [3.05, 3.63) is 34.3 Å². The fraction of sp³-hybridized carbons (Fsp3) is 0.611. The first-order valence-electron chi connectivity index (χ1n) is 8.22. The molecule has 1 rings (SSSR count). The third kappa shape index (κ3) is 5.82. The van der Waals surface area contributed by atoms with Gasteiger partial charge in [0.25, 0.3) is 5.60 Å². The summed E-state index contributed by atoms with van der Waals surface area (Å²) in [7, 11) is -1.76. The minimum Gasteiger partial charge on any atom is -0.467 e. The van der Waals surface area contributed by atoms with Gasteiger partial charge in [-0.15, -0.1) is 0 Å². The molecular formula is C18H26BrF3O3Si. The zero-order valence-corrected chi connectivity index (χ0v) is 18.5. The Bertz CT molecular complexity index is 641. The highest BCUT2D eigenvalue weighted by Gasteiger charge is 2.65. The van der Waals surface area contributed by atoms with Crippen LogP contribution in [-0.4, -0.2) is 33.2 Å². The number of alkyl halides is 3. The van der Waals surface area contributed by atoms with Gasteiger partial charge >= 0.3 is 12.1 Å². The number of hydrogen-bond acceptors (Lipinski definition) is 3. The summed E-state index contributed by atoms with van der Waals surface area (Å²) in [6.07, 6.45) is -5.06. The standard InChI is InChI=1S/C18H26BrF3O3Si/c1-16(2,11-13-9-7-8-10-14(13)19)12-17(15(23)24-3,18(20,21)22)25-26(4,5)6/h7-10H,11-12H2,1-6H3. The molecule has 0 saturated heterocycles. The quantitative estimate of drug-likeness (QED) is 0.389. The summed E-state index contributed by atoms with van der Waals surface area (Å²) in [6, 6.07) is 7.34. The van der Waals surface area contributed by atoms with Crippen molar-refractivity contribution in [1.29, 1.82) is 0 Å². The third-order valence-corrected chi connectivity index (χ3v) is 5.54. The van der Waals surface area contributed by atoms with Crippen molar-refractivity contribution < 1.29 is 27.1 Å². The molecule has 0 bridgehead atoms. The van der Waals surface area contributed by atoms with Gasteiger partial charge in [-0.1, -0.05) is 48.0 Å². The van der Waals surface area contributed by atoms with E-state index in [1.165, 1.54) is 0 Å². The first-order valence-corrected chi connectivity index (χ1v) is 12.4. The van der Waals surface area contributed by atoms with Crippen LogP contribution in [0.3, 0.4) is 0 Å². The van der Waals surface area contributed by atoms with Crippen molar-refractivity contribution in [2.45, 2.75) is 58.1 Å². The van der Waals surface area contributed by atoms with E-state index in [1.54, 1.807) is 33.5 Å². The summed E-state index contributed by atoms with van der Waals surface area (Å²) in [6.45, 7) is 8.26. The van der Waals surface area contributed by atoms with E-state index in [9.17, 15) is 18.0 Å². The molecule has 0 radical (unpaired) electrons. The van der Waals surface area contributed by atoms with E-state index in [2.05, 4.69) is 20.7 Å². The van der Waals surface area contributed by atoms with Gasteiger partial charge < -0.3 is 9.16 Å². The van der Waals surface area contributed by atoms with E-state index in [0.29, 0.717) is 6.42 Å². The van der Waals surface area contributed by atoms with E-state index < -0.39 is 37.9 Å². The Kier molecular flexibility index (Phi) is 7.15. The second-order valence-corrected chi connectivity index (χ2v) is 13.4. The van der Waals surface area contributed by atoms with E-state index in [-0.39, 0.29) is 0 Å². The van der Waals surface area contributed by atoms with Crippen LogP contribution in [0.25, 0.3) is 0 Å². The maximum absolute atomic E-state index is 14.1. The summed E-state index contributed by atoms with van der Waals surface area (Å²) in [5.74, 6) is -1.40. The predicted octanol–water partition coefficient (Wildman–Crippen LogP) is 5.73. The van der Waals surface area contributed by atoms with E-state index in [0.717, 1.165) is 17.1 Å². The SMILES string of the molecule is COC(=O)C(CC(C)(C)Cc1ccccc1Br)(O[Si](C)(C)C)C(F)(F)F. The number of methoxy groups -OCH3 is 1. The van der Waals surface area contributed by atoms with Crippen LogP contribution in [0.15, 0.2) is 28.7 Å².